The quantitative estimate of drug-likeness (QED) is 0.790. The lowest BCUT2D eigenvalue weighted by Gasteiger charge is -2.07. The van der Waals surface area contributed by atoms with Gasteiger partial charge in [0.2, 0.25) is 0 Å². The Morgan fingerprint density at radius 2 is 2.10 bits per heavy atom. The molecule has 110 valence electrons. The van der Waals surface area contributed by atoms with Crippen LogP contribution >= 0.6 is 11.3 Å². The Labute approximate surface area is 127 Å². The van der Waals surface area contributed by atoms with E-state index in [0.29, 0.717) is 12.5 Å². The number of rotatable bonds is 4. The van der Waals surface area contributed by atoms with Gasteiger partial charge in [-0.2, -0.15) is 5.10 Å². The SMILES string of the molecule is CC(C)n1ccc(CC(N)c2cc3ccc(F)cc3s2)n1. The Morgan fingerprint density at radius 1 is 1.29 bits per heavy atom. The molecule has 3 nitrogen and oxygen atoms in total. The maximum Gasteiger partial charge on any atom is 0.124 e. The van der Waals surface area contributed by atoms with Crippen molar-refractivity contribution in [1.29, 1.82) is 0 Å². The predicted molar refractivity (Wildman–Crippen MR) is 85.0 cm³/mol. The first kappa shape index (κ1) is 14.2. The average molecular weight is 303 g/mol. The van der Waals surface area contributed by atoms with Gasteiger partial charge in [-0.3, -0.25) is 4.68 Å². The standard InChI is InChI=1S/C16H18FN3S/c1-10(2)20-6-5-13(19-20)9-14(18)16-7-11-3-4-12(17)8-15(11)21-16/h3-8,10,14H,9,18H2,1-2H3. The second kappa shape index (κ2) is 5.58. The van der Waals surface area contributed by atoms with Crippen LogP contribution in [0.3, 0.4) is 0 Å². The summed E-state index contributed by atoms with van der Waals surface area (Å²) in [5.74, 6) is -0.208. The van der Waals surface area contributed by atoms with Crippen molar-refractivity contribution in [3.63, 3.8) is 0 Å². The highest BCUT2D eigenvalue weighted by Gasteiger charge is 2.13. The lowest BCUT2D eigenvalue weighted by Crippen LogP contribution is -2.12. The maximum absolute atomic E-state index is 13.2. The average Bonchev–Trinajstić information content (AvgIpc) is 3.04. The first-order valence-corrected chi connectivity index (χ1v) is 7.83. The second-order valence-corrected chi connectivity index (χ2v) is 6.64. The minimum Gasteiger partial charge on any atom is -0.323 e. The summed E-state index contributed by atoms with van der Waals surface area (Å²) in [6.45, 7) is 4.19. The molecule has 1 aromatic carbocycles. The van der Waals surface area contributed by atoms with E-state index in [-0.39, 0.29) is 11.9 Å². The molecule has 0 amide bonds. The van der Waals surface area contributed by atoms with E-state index in [1.54, 1.807) is 23.5 Å². The number of halogens is 1. The topological polar surface area (TPSA) is 43.8 Å². The molecule has 0 aliphatic rings. The number of nitrogens with two attached hydrogens (primary N) is 1. The number of benzene rings is 1. The smallest absolute Gasteiger partial charge is 0.124 e. The fraction of sp³-hybridized carbons (Fsp3) is 0.312. The van der Waals surface area contributed by atoms with Crippen LogP contribution in [0.4, 0.5) is 4.39 Å². The summed E-state index contributed by atoms with van der Waals surface area (Å²) < 4.78 is 16.1. The first-order chi connectivity index (χ1) is 10.0. The zero-order valence-electron chi connectivity index (χ0n) is 12.1. The Hall–Kier alpha value is -1.72. The lowest BCUT2D eigenvalue weighted by atomic mass is 10.1. The van der Waals surface area contributed by atoms with Gasteiger partial charge in [-0.1, -0.05) is 6.07 Å². The highest BCUT2D eigenvalue weighted by molar-refractivity contribution is 7.19. The van der Waals surface area contributed by atoms with Crippen LogP contribution in [0.1, 0.15) is 36.5 Å². The van der Waals surface area contributed by atoms with Gasteiger partial charge in [0.15, 0.2) is 0 Å². The van der Waals surface area contributed by atoms with E-state index >= 15 is 0 Å². The number of hydrogen-bond donors (Lipinski definition) is 1. The maximum atomic E-state index is 13.2. The molecule has 1 unspecified atom stereocenters. The summed E-state index contributed by atoms with van der Waals surface area (Å²) in [5, 5.41) is 5.57. The molecular weight excluding hydrogens is 285 g/mol. The molecule has 3 rings (SSSR count). The number of thiophene rings is 1. The van der Waals surface area contributed by atoms with Crippen molar-refractivity contribution in [2.45, 2.75) is 32.4 Å². The summed E-state index contributed by atoms with van der Waals surface area (Å²) in [7, 11) is 0. The highest BCUT2D eigenvalue weighted by atomic mass is 32.1. The van der Waals surface area contributed by atoms with Gasteiger partial charge >= 0.3 is 0 Å². The third kappa shape index (κ3) is 2.99. The van der Waals surface area contributed by atoms with E-state index in [1.807, 2.05) is 23.0 Å². The van der Waals surface area contributed by atoms with E-state index in [1.165, 1.54) is 6.07 Å². The normalized spacial score (nSPS) is 13.2. The van der Waals surface area contributed by atoms with Gasteiger partial charge in [0.25, 0.3) is 0 Å². The Bertz CT molecular complexity index is 760. The summed E-state index contributed by atoms with van der Waals surface area (Å²) in [4.78, 5) is 1.06. The van der Waals surface area contributed by atoms with Crippen molar-refractivity contribution in [3.8, 4) is 0 Å². The van der Waals surface area contributed by atoms with E-state index in [4.69, 9.17) is 5.73 Å². The van der Waals surface area contributed by atoms with Gasteiger partial charge in [-0.05, 0) is 43.5 Å². The molecule has 2 heterocycles. The van der Waals surface area contributed by atoms with Gasteiger partial charge in [0, 0.05) is 34.3 Å². The predicted octanol–water partition coefficient (Wildman–Crippen LogP) is 4.06. The van der Waals surface area contributed by atoms with Crippen LogP contribution in [0.2, 0.25) is 0 Å². The summed E-state index contributed by atoms with van der Waals surface area (Å²) in [6, 6.07) is 9.13. The molecule has 5 heteroatoms. The number of hydrogen-bond acceptors (Lipinski definition) is 3. The molecule has 2 N–H and O–H groups in total. The summed E-state index contributed by atoms with van der Waals surface area (Å²) in [6.07, 6.45) is 2.67. The summed E-state index contributed by atoms with van der Waals surface area (Å²) in [5.41, 5.74) is 7.27. The molecule has 0 saturated heterocycles. The van der Waals surface area contributed by atoms with Crippen molar-refractivity contribution in [2.75, 3.05) is 0 Å². The molecule has 21 heavy (non-hydrogen) atoms. The van der Waals surface area contributed by atoms with Crippen LogP contribution < -0.4 is 5.73 Å². The number of aromatic nitrogens is 2. The Morgan fingerprint density at radius 3 is 2.81 bits per heavy atom. The molecule has 0 bridgehead atoms. The number of fused-ring (bicyclic) bond motifs is 1. The van der Waals surface area contributed by atoms with Gasteiger partial charge in [0.05, 0.1) is 5.69 Å². The van der Waals surface area contributed by atoms with Crippen LogP contribution in [-0.4, -0.2) is 9.78 Å². The van der Waals surface area contributed by atoms with Crippen LogP contribution in [-0.2, 0) is 6.42 Å². The van der Waals surface area contributed by atoms with Crippen molar-refractivity contribution in [2.24, 2.45) is 5.73 Å². The minimum atomic E-state index is -0.208. The first-order valence-electron chi connectivity index (χ1n) is 7.01. The van der Waals surface area contributed by atoms with Crippen LogP contribution in [0.25, 0.3) is 10.1 Å². The molecule has 0 aliphatic heterocycles. The van der Waals surface area contributed by atoms with Crippen molar-refractivity contribution >= 4 is 21.4 Å². The zero-order chi connectivity index (χ0) is 15.0. The minimum absolute atomic E-state index is 0.110. The number of nitrogens with zero attached hydrogens (tertiary/aromatic N) is 2. The Kier molecular flexibility index (Phi) is 3.78. The van der Waals surface area contributed by atoms with Crippen molar-refractivity contribution in [3.05, 3.63) is 52.9 Å². The third-order valence-electron chi connectivity index (χ3n) is 3.49. The molecule has 0 radical (unpaired) electrons. The van der Waals surface area contributed by atoms with E-state index in [0.717, 1.165) is 20.7 Å². The fourth-order valence-electron chi connectivity index (χ4n) is 2.31. The van der Waals surface area contributed by atoms with Crippen LogP contribution in [0.5, 0.6) is 0 Å². The molecule has 0 saturated carbocycles. The molecule has 0 spiro atoms. The van der Waals surface area contributed by atoms with Gasteiger partial charge < -0.3 is 5.73 Å². The van der Waals surface area contributed by atoms with Gasteiger partial charge in [-0.25, -0.2) is 4.39 Å². The van der Waals surface area contributed by atoms with Gasteiger partial charge in [0.1, 0.15) is 5.82 Å². The van der Waals surface area contributed by atoms with Gasteiger partial charge in [-0.15, -0.1) is 11.3 Å². The fourth-order valence-corrected chi connectivity index (χ4v) is 3.40. The van der Waals surface area contributed by atoms with E-state index < -0.39 is 0 Å². The zero-order valence-corrected chi connectivity index (χ0v) is 12.9. The molecule has 2 aromatic heterocycles. The Balaban J connectivity index is 1.80. The van der Waals surface area contributed by atoms with Crippen molar-refractivity contribution in [1.82, 2.24) is 9.78 Å². The van der Waals surface area contributed by atoms with Crippen LogP contribution in [0, 0.1) is 5.82 Å². The molecular formula is C16H18FN3S. The largest absolute Gasteiger partial charge is 0.323 e. The summed E-state index contributed by atoms with van der Waals surface area (Å²) >= 11 is 1.55. The molecule has 3 aromatic rings. The second-order valence-electron chi connectivity index (χ2n) is 5.52. The van der Waals surface area contributed by atoms with Crippen molar-refractivity contribution < 1.29 is 4.39 Å². The molecule has 1 atom stereocenters. The highest BCUT2D eigenvalue weighted by Crippen LogP contribution is 2.30. The van der Waals surface area contributed by atoms with Crippen LogP contribution in [0.15, 0.2) is 36.5 Å². The third-order valence-corrected chi connectivity index (χ3v) is 4.72. The van der Waals surface area contributed by atoms with E-state index in [2.05, 4.69) is 18.9 Å². The monoisotopic (exact) mass is 303 g/mol. The lowest BCUT2D eigenvalue weighted by molar-refractivity contribution is 0.523. The molecule has 0 fully saturated rings. The van der Waals surface area contributed by atoms with E-state index in [9.17, 15) is 4.39 Å². The molecule has 0 aliphatic carbocycles.